The van der Waals surface area contributed by atoms with Crippen molar-refractivity contribution >= 4 is 39.9 Å². The molecule has 10 heteroatoms. The molecule has 1 amide bonds. The van der Waals surface area contributed by atoms with Crippen LogP contribution in [0.15, 0.2) is 89.9 Å². The standard InChI is InChI=1S/C28H24ClN5O4/c29-18-9-11-19(12-10-18)38-16-24(36)32-21-7-4-8-22-26(21)34-27(33-22)25-20(13-14-30-28(25)37)31-15-23(35)17-5-2-1-3-6-17/h1-14,23,35H,15-16H2,(H,32,36)(H,33,34)(H2,30,31,37). The molecule has 9 nitrogen and oxygen atoms in total. The maximum absolute atomic E-state index is 12.8. The summed E-state index contributed by atoms with van der Waals surface area (Å²) < 4.78 is 5.52. The van der Waals surface area contributed by atoms with E-state index in [0.717, 1.165) is 5.56 Å². The normalized spacial score (nSPS) is 11.7. The van der Waals surface area contributed by atoms with Crippen molar-refractivity contribution in [2.24, 2.45) is 0 Å². The third-order valence-corrected chi connectivity index (χ3v) is 6.09. The lowest BCUT2D eigenvalue weighted by Gasteiger charge is -2.14. The van der Waals surface area contributed by atoms with Crippen molar-refractivity contribution in [3.8, 4) is 17.1 Å². The Kier molecular flexibility index (Phi) is 7.39. The highest BCUT2D eigenvalue weighted by atomic mass is 35.5. The number of fused-ring (bicyclic) bond motifs is 1. The zero-order chi connectivity index (χ0) is 26.5. The molecule has 2 heterocycles. The number of amides is 1. The van der Waals surface area contributed by atoms with Crippen molar-refractivity contribution in [1.29, 1.82) is 0 Å². The second-order valence-corrected chi connectivity index (χ2v) is 8.92. The summed E-state index contributed by atoms with van der Waals surface area (Å²) in [5.41, 5.74) is 2.78. The predicted octanol–water partition coefficient (Wildman–Crippen LogP) is 4.73. The largest absolute Gasteiger partial charge is 0.484 e. The maximum atomic E-state index is 12.8. The van der Waals surface area contributed by atoms with Gasteiger partial charge < -0.3 is 30.4 Å². The Morgan fingerprint density at radius 3 is 2.58 bits per heavy atom. The molecular formula is C28H24ClN5O4. The molecule has 5 rings (SSSR count). The van der Waals surface area contributed by atoms with E-state index in [9.17, 15) is 14.7 Å². The number of pyridine rings is 1. The number of imidazole rings is 1. The Labute approximate surface area is 222 Å². The summed E-state index contributed by atoms with van der Waals surface area (Å²) in [7, 11) is 0. The Morgan fingerprint density at radius 2 is 1.79 bits per heavy atom. The van der Waals surface area contributed by atoms with Crippen LogP contribution in [-0.4, -0.2) is 39.1 Å². The van der Waals surface area contributed by atoms with Crippen molar-refractivity contribution in [3.05, 3.63) is 106 Å². The number of hydrogen-bond acceptors (Lipinski definition) is 6. The summed E-state index contributed by atoms with van der Waals surface area (Å²) in [6, 6.07) is 23.0. The van der Waals surface area contributed by atoms with Crippen LogP contribution >= 0.6 is 11.6 Å². The number of carbonyl (C=O) groups excluding carboxylic acids is 1. The number of aromatic nitrogens is 3. The van der Waals surface area contributed by atoms with Gasteiger partial charge in [-0.2, -0.15) is 0 Å². The number of anilines is 2. The quantitative estimate of drug-likeness (QED) is 0.187. The first-order valence-electron chi connectivity index (χ1n) is 11.8. The summed E-state index contributed by atoms with van der Waals surface area (Å²) in [5, 5.41) is 17.1. The number of nitrogens with one attached hydrogen (secondary N) is 4. The number of ether oxygens (including phenoxy) is 1. The van der Waals surface area contributed by atoms with Gasteiger partial charge in [-0.25, -0.2) is 4.98 Å². The van der Waals surface area contributed by atoms with Gasteiger partial charge in [-0.3, -0.25) is 9.59 Å². The summed E-state index contributed by atoms with van der Waals surface area (Å²) in [6.45, 7) is -0.0128. The number of benzene rings is 3. The van der Waals surface area contributed by atoms with E-state index in [4.69, 9.17) is 16.3 Å². The average Bonchev–Trinajstić information content (AvgIpc) is 3.37. The van der Waals surface area contributed by atoms with Gasteiger partial charge in [-0.05, 0) is 48.0 Å². The minimum atomic E-state index is -0.768. The van der Waals surface area contributed by atoms with Crippen molar-refractivity contribution in [1.82, 2.24) is 15.0 Å². The van der Waals surface area contributed by atoms with Gasteiger partial charge in [0.15, 0.2) is 6.61 Å². The molecule has 0 aliphatic rings. The fourth-order valence-corrected chi connectivity index (χ4v) is 4.10. The SMILES string of the molecule is O=C(COc1ccc(Cl)cc1)Nc1cccc2[nH]c(-c3c(NCC(O)c4ccccc4)cc[nH]c3=O)nc12. The highest BCUT2D eigenvalue weighted by molar-refractivity contribution is 6.30. The Morgan fingerprint density at radius 1 is 1.00 bits per heavy atom. The lowest BCUT2D eigenvalue weighted by Crippen LogP contribution is -2.20. The van der Waals surface area contributed by atoms with Gasteiger partial charge >= 0.3 is 0 Å². The van der Waals surface area contributed by atoms with Gasteiger partial charge in [0, 0.05) is 17.8 Å². The molecule has 0 fully saturated rings. The molecule has 0 saturated carbocycles. The van der Waals surface area contributed by atoms with Gasteiger partial charge in [0.2, 0.25) is 0 Å². The molecule has 0 aliphatic carbocycles. The Bertz CT molecular complexity index is 1620. The molecule has 1 atom stereocenters. The number of H-pyrrole nitrogens is 2. The summed E-state index contributed by atoms with van der Waals surface area (Å²) in [5.74, 6) is 0.468. The van der Waals surface area contributed by atoms with E-state index in [2.05, 4.69) is 25.6 Å². The number of nitrogens with zero attached hydrogens (tertiary/aromatic N) is 1. The zero-order valence-electron chi connectivity index (χ0n) is 20.1. The highest BCUT2D eigenvalue weighted by Crippen LogP contribution is 2.28. The monoisotopic (exact) mass is 529 g/mol. The van der Waals surface area contributed by atoms with Crippen LogP contribution < -0.4 is 20.9 Å². The maximum Gasteiger partial charge on any atom is 0.262 e. The first-order chi connectivity index (χ1) is 18.5. The molecule has 0 saturated heterocycles. The van der Waals surface area contributed by atoms with Gasteiger partial charge in [-0.1, -0.05) is 48.0 Å². The zero-order valence-corrected chi connectivity index (χ0v) is 20.8. The van der Waals surface area contributed by atoms with Crippen molar-refractivity contribution in [2.75, 3.05) is 23.8 Å². The van der Waals surface area contributed by atoms with Crippen LogP contribution in [0.1, 0.15) is 11.7 Å². The first-order valence-corrected chi connectivity index (χ1v) is 12.2. The number of aliphatic hydroxyl groups is 1. The minimum absolute atomic E-state index is 0.190. The first kappa shape index (κ1) is 25.1. The number of para-hydroxylation sites is 1. The third-order valence-electron chi connectivity index (χ3n) is 5.84. The van der Waals surface area contributed by atoms with Crippen LogP contribution in [0.4, 0.5) is 11.4 Å². The van der Waals surface area contributed by atoms with Crippen molar-refractivity contribution in [2.45, 2.75) is 6.10 Å². The number of aliphatic hydroxyl groups excluding tert-OH is 1. The second kappa shape index (κ2) is 11.2. The number of carbonyl (C=O) groups is 1. The summed E-state index contributed by atoms with van der Waals surface area (Å²) in [6.07, 6.45) is 0.758. The Balaban J connectivity index is 1.35. The van der Waals surface area contributed by atoms with Gasteiger partial charge in [0.25, 0.3) is 11.5 Å². The molecule has 0 radical (unpaired) electrons. The second-order valence-electron chi connectivity index (χ2n) is 8.48. The smallest absolute Gasteiger partial charge is 0.262 e. The van der Waals surface area contributed by atoms with Crippen LogP contribution in [0.3, 0.4) is 0 Å². The Hall–Kier alpha value is -4.60. The van der Waals surface area contributed by atoms with E-state index >= 15 is 0 Å². The molecule has 0 aliphatic heterocycles. The van der Waals surface area contributed by atoms with Gasteiger partial charge in [-0.15, -0.1) is 0 Å². The molecule has 5 N–H and O–H groups in total. The van der Waals surface area contributed by atoms with Gasteiger partial charge in [0.1, 0.15) is 22.7 Å². The van der Waals surface area contributed by atoms with Crippen molar-refractivity contribution < 1.29 is 14.6 Å². The molecule has 3 aromatic carbocycles. The fourth-order valence-electron chi connectivity index (χ4n) is 3.98. The van der Waals surface area contributed by atoms with Crippen molar-refractivity contribution in [3.63, 3.8) is 0 Å². The number of rotatable bonds is 9. The molecule has 192 valence electrons. The third kappa shape index (κ3) is 5.69. The molecule has 2 aromatic heterocycles. The van der Waals surface area contributed by atoms with Gasteiger partial charge in [0.05, 0.1) is 23.0 Å². The topological polar surface area (TPSA) is 132 Å². The average molecular weight is 530 g/mol. The van der Waals surface area contributed by atoms with Crippen LogP contribution in [0.2, 0.25) is 5.02 Å². The predicted molar refractivity (Wildman–Crippen MR) is 148 cm³/mol. The lowest BCUT2D eigenvalue weighted by atomic mass is 10.1. The van der Waals surface area contributed by atoms with Crippen LogP contribution in [-0.2, 0) is 4.79 Å². The minimum Gasteiger partial charge on any atom is -0.484 e. The number of aromatic amines is 2. The van der Waals surface area contributed by atoms with Crippen LogP contribution in [0.5, 0.6) is 5.75 Å². The molecule has 38 heavy (non-hydrogen) atoms. The lowest BCUT2D eigenvalue weighted by molar-refractivity contribution is -0.118. The summed E-state index contributed by atoms with van der Waals surface area (Å²) in [4.78, 5) is 35.8. The molecule has 0 bridgehead atoms. The molecular weight excluding hydrogens is 506 g/mol. The van der Waals surface area contributed by atoms with E-state index in [-0.39, 0.29) is 30.2 Å². The number of halogens is 1. The molecule has 0 spiro atoms. The number of hydrogen-bond donors (Lipinski definition) is 5. The van der Waals surface area contributed by atoms with E-state index in [1.807, 2.05) is 30.3 Å². The van der Waals surface area contributed by atoms with E-state index in [0.29, 0.717) is 39.0 Å². The highest BCUT2D eigenvalue weighted by Gasteiger charge is 2.17. The molecule has 5 aromatic rings. The van der Waals surface area contributed by atoms with Crippen LogP contribution in [0.25, 0.3) is 22.4 Å². The van der Waals surface area contributed by atoms with E-state index in [1.165, 1.54) is 6.20 Å². The van der Waals surface area contributed by atoms with E-state index in [1.54, 1.807) is 48.5 Å². The fraction of sp³-hybridized carbons (Fsp3) is 0.107. The molecule has 1 unspecified atom stereocenters. The van der Waals surface area contributed by atoms with Crippen LogP contribution in [0, 0.1) is 0 Å². The van der Waals surface area contributed by atoms with E-state index < -0.39 is 6.10 Å². The summed E-state index contributed by atoms with van der Waals surface area (Å²) >= 11 is 5.88.